The number of rotatable bonds is 7. The normalized spacial score (nSPS) is 17.2. The first-order valence-electron chi connectivity index (χ1n) is 12.2. The number of anilines is 2. The molecule has 7 heteroatoms. The molecule has 0 saturated heterocycles. The van der Waals surface area contributed by atoms with Gasteiger partial charge in [-0.05, 0) is 79.6 Å². The summed E-state index contributed by atoms with van der Waals surface area (Å²) in [7, 11) is 1.44. The second kappa shape index (κ2) is 11.2. The minimum absolute atomic E-state index is 0.0676. The molecule has 2 unspecified atom stereocenters. The van der Waals surface area contributed by atoms with E-state index in [9.17, 15) is 14.7 Å². The van der Waals surface area contributed by atoms with Crippen molar-refractivity contribution in [1.82, 2.24) is 0 Å². The predicted octanol–water partition coefficient (Wildman–Crippen LogP) is 6.97. The molecule has 3 N–H and O–H groups in total. The van der Waals surface area contributed by atoms with Crippen molar-refractivity contribution in [2.75, 3.05) is 17.7 Å². The number of ether oxygens (including phenoxy) is 2. The van der Waals surface area contributed by atoms with Crippen molar-refractivity contribution >= 4 is 23.4 Å². The number of aromatic carboxylic acids is 1. The van der Waals surface area contributed by atoms with Gasteiger partial charge >= 0.3 is 12.0 Å². The molecule has 0 aromatic heterocycles. The van der Waals surface area contributed by atoms with Gasteiger partial charge in [0.2, 0.25) is 0 Å². The third kappa shape index (κ3) is 5.97. The van der Waals surface area contributed by atoms with Crippen LogP contribution in [0.5, 0.6) is 11.5 Å². The van der Waals surface area contributed by atoms with Gasteiger partial charge in [-0.25, -0.2) is 9.59 Å². The van der Waals surface area contributed by atoms with Crippen molar-refractivity contribution < 1.29 is 24.2 Å². The van der Waals surface area contributed by atoms with Gasteiger partial charge in [0, 0.05) is 5.69 Å². The molecule has 0 bridgehead atoms. The van der Waals surface area contributed by atoms with Gasteiger partial charge in [0.15, 0.2) is 0 Å². The maximum atomic E-state index is 12.9. The van der Waals surface area contributed by atoms with E-state index in [2.05, 4.69) is 17.6 Å². The molecule has 1 aliphatic carbocycles. The minimum Gasteiger partial charge on any atom is -0.496 e. The van der Waals surface area contributed by atoms with E-state index in [-0.39, 0.29) is 17.4 Å². The highest BCUT2D eigenvalue weighted by Crippen LogP contribution is 2.36. The van der Waals surface area contributed by atoms with Gasteiger partial charge in [0.05, 0.1) is 12.8 Å². The van der Waals surface area contributed by atoms with Gasteiger partial charge in [0.25, 0.3) is 0 Å². The lowest BCUT2D eigenvalue weighted by Gasteiger charge is -2.30. The molecular formula is C29H32N2O5. The van der Waals surface area contributed by atoms with Crippen molar-refractivity contribution in [2.24, 2.45) is 5.92 Å². The Hall–Kier alpha value is -4.00. The molecular weight excluding hydrogens is 456 g/mol. The third-order valence-corrected chi connectivity index (χ3v) is 6.61. The zero-order valence-corrected chi connectivity index (χ0v) is 20.8. The summed E-state index contributed by atoms with van der Waals surface area (Å²) in [6.07, 6.45) is 4.48. The van der Waals surface area contributed by atoms with Gasteiger partial charge in [-0.2, -0.15) is 0 Å². The molecule has 2 atom stereocenters. The average molecular weight is 489 g/mol. The lowest BCUT2D eigenvalue weighted by atomic mass is 9.88. The Balaban J connectivity index is 1.65. The quantitative estimate of drug-likeness (QED) is 0.334. The topological polar surface area (TPSA) is 96.9 Å². The fourth-order valence-electron chi connectivity index (χ4n) is 4.51. The zero-order chi connectivity index (χ0) is 25.7. The highest BCUT2D eigenvalue weighted by atomic mass is 16.5. The highest BCUT2D eigenvalue weighted by Gasteiger charge is 2.24. The molecule has 1 aliphatic rings. The van der Waals surface area contributed by atoms with Crippen LogP contribution in [0.15, 0.2) is 60.7 Å². The van der Waals surface area contributed by atoms with E-state index in [1.165, 1.54) is 13.5 Å². The summed E-state index contributed by atoms with van der Waals surface area (Å²) in [5.41, 5.74) is 3.80. The van der Waals surface area contributed by atoms with Crippen molar-refractivity contribution in [3.8, 4) is 22.6 Å². The van der Waals surface area contributed by atoms with E-state index < -0.39 is 12.0 Å². The highest BCUT2D eigenvalue weighted by molar-refractivity contribution is 6.01. The maximum absolute atomic E-state index is 12.9. The van der Waals surface area contributed by atoms with Gasteiger partial charge < -0.3 is 25.2 Å². The number of aryl methyl sites for hydroxylation is 1. The smallest absolute Gasteiger partial charge is 0.339 e. The number of methoxy groups -OCH3 is 1. The first kappa shape index (κ1) is 25.1. The fourth-order valence-corrected chi connectivity index (χ4v) is 4.51. The summed E-state index contributed by atoms with van der Waals surface area (Å²) in [6.45, 7) is 4.18. The lowest BCUT2D eigenvalue weighted by Crippen LogP contribution is -2.29. The Bertz CT molecular complexity index is 1240. The molecule has 0 spiro atoms. The number of carbonyl (C=O) groups excluding carboxylic acids is 1. The Morgan fingerprint density at radius 3 is 2.22 bits per heavy atom. The summed E-state index contributed by atoms with van der Waals surface area (Å²) in [5.74, 6) is 0.222. The van der Waals surface area contributed by atoms with Crippen molar-refractivity contribution in [2.45, 2.75) is 45.6 Å². The van der Waals surface area contributed by atoms with Crippen molar-refractivity contribution in [1.29, 1.82) is 0 Å². The van der Waals surface area contributed by atoms with Crippen LogP contribution < -0.4 is 20.1 Å². The monoisotopic (exact) mass is 488 g/mol. The average Bonchev–Trinajstić information content (AvgIpc) is 2.87. The molecule has 0 radical (unpaired) electrons. The number of carboxylic acid groups (broad SMARTS) is 1. The second-order valence-electron chi connectivity index (χ2n) is 9.29. The predicted molar refractivity (Wildman–Crippen MR) is 141 cm³/mol. The Morgan fingerprint density at radius 1 is 0.889 bits per heavy atom. The van der Waals surface area contributed by atoms with Gasteiger partial charge in [-0.3, -0.25) is 0 Å². The van der Waals surface area contributed by atoms with E-state index in [0.717, 1.165) is 30.4 Å². The Kier molecular flexibility index (Phi) is 7.78. The number of hydrogen-bond donors (Lipinski definition) is 3. The summed E-state index contributed by atoms with van der Waals surface area (Å²) in [6, 6.07) is 17.7. The molecule has 3 aromatic carbocycles. The van der Waals surface area contributed by atoms with E-state index in [4.69, 9.17) is 9.47 Å². The number of nitrogens with one attached hydrogen (secondary N) is 2. The van der Waals surface area contributed by atoms with Gasteiger partial charge in [-0.1, -0.05) is 43.2 Å². The molecule has 7 nitrogen and oxygen atoms in total. The van der Waals surface area contributed by atoms with E-state index in [0.29, 0.717) is 28.6 Å². The van der Waals surface area contributed by atoms with Crippen LogP contribution in [-0.4, -0.2) is 30.3 Å². The molecule has 0 heterocycles. The molecule has 1 saturated carbocycles. The number of benzene rings is 3. The SMILES string of the molecule is COc1ccc(-c2ccc(OC3CCCCC3C)c(NC(=O)Nc3ccc(C)cc3)c2)cc1C(=O)O. The summed E-state index contributed by atoms with van der Waals surface area (Å²) >= 11 is 0. The van der Waals surface area contributed by atoms with Crippen LogP contribution in [0.3, 0.4) is 0 Å². The summed E-state index contributed by atoms with van der Waals surface area (Å²) < 4.78 is 11.6. The molecule has 4 rings (SSSR count). The zero-order valence-electron chi connectivity index (χ0n) is 20.8. The maximum Gasteiger partial charge on any atom is 0.339 e. The standard InChI is InChI=1S/C29H32N2O5/c1-18-8-12-22(13-9-18)30-29(34)31-24-17-21(20-10-14-26(35-3)23(16-20)28(32)33)11-15-27(24)36-25-7-5-4-6-19(25)2/h8-17,19,25H,4-7H2,1-3H3,(H,32,33)(H2,30,31,34). The molecule has 188 valence electrons. The Labute approximate surface area is 211 Å². The first-order valence-corrected chi connectivity index (χ1v) is 12.2. The van der Waals surface area contributed by atoms with Crippen LogP contribution in [0.2, 0.25) is 0 Å². The molecule has 36 heavy (non-hydrogen) atoms. The summed E-state index contributed by atoms with van der Waals surface area (Å²) in [5, 5.41) is 15.4. The largest absolute Gasteiger partial charge is 0.496 e. The first-order chi connectivity index (χ1) is 17.3. The van der Waals surface area contributed by atoms with E-state index in [1.807, 2.05) is 49.4 Å². The van der Waals surface area contributed by atoms with E-state index >= 15 is 0 Å². The van der Waals surface area contributed by atoms with Crippen LogP contribution >= 0.6 is 0 Å². The van der Waals surface area contributed by atoms with Crippen LogP contribution in [0.25, 0.3) is 11.1 Å². The van der Waals surface area contributed by atoms with Crippen LogP contribution in [-0.2, 0) is 0 Å². The molecule has 3 aromatic rings. The number of carbonyl (C=O) groups is 2. The molecule has 1 fully saturated rings. The van der Waals surface area contributed by atoms with Crippen LogP contribution in [0.1, 0.15) is 48.5 Å². The fraction of sp³-hybridized carbons (Fsp3) is 0.310. The number of amides is 2. The molecule has 2 amide bonds. The number of carboxylic acids is 1. The number of hydrogen-bond acceptors (Lipinski definition) is 4. The summed E-state index contributed by atoms with van der Waals surface area (Å²) in [4.78, 5) is 24.6. The van der Waals surface area contributed by atoms with Gasteiger partial charge in [0.1, 0.15) is 23.2 Å². The van der Waals surface area contributed by atoms with Gasteiger partial charge in [-0.15, -0.1) is 0 Å². The number of urea groups is 1. The van der Waals surface area contributed by atoms with Crippen molar-refractivity contribution in [3.05, 3.63) is 71.8 Å². The van der Waals surface area contributed by atoms with E-state index in [1.54, 1.807) is 18.2 Å². The Morgan fingerprint density at radius 2 is 1.56 bits per heavy atom. The van der Waals surface area contributed by atoms with Crippen molar-refractivity contribution in [3.63, 3.8) is 0 Å². The van der Waals surface area contributed by atoms with Crippen LogP contribution in [0.4, 0.5) is 16.2 Å². The molecule has 0 aliphatic heterocycles. The second-order valence-corrected chi connectivity index (χ2v) is 9.29. The lowest BCUT2D eigenvalue weighted by molar-refractivity contribution is 0.0693. The minimum atomic E-state index is -1.07. The third-order valence-electron chi connectivity index (χ3n) is 6.61. The van der Waals surface area contributed by atoms with Crippen LogP contribution in [0, 0.1) is 12.8 Å².